The number of nitrogens with two attached hydrogens (primary N) is 3. The zero-order chi connectivity index (χ0) is 58.3. The number of hydrogen-bond donors (Lipinski definition) is 11. The van der Waals surface area contributed by atoms with Crippen LogP contribution in [0.1, 0.15) is 75.5 Å². The van der Waals surface area contributed by atoms with Gasteiger partial charge in [-0.2, -0.15) is 0 Å². The number of nitrogens with zero attached hydrogens (tertiary/aromatic N) is 4. The molecular formula is C53H70N14O11S2. The van der Waals surface area contributed by atoms with Crippen molar-refractivity contribution in [1.82, 2.24) is 42.1 Å². The van der Waals surface area contributed by atoms with Crippen molar-refractivity contribution < 1.29 is 53.1 Å². The van der Waals surface area contributed by atoms with E-state index in [1.807, 2.05) is 0 Å². The monoisotopic (exact) mass is 1140 g/mol. The number of likely N-dealkylation sites (tertiary alicyclic amines) is 1. The molecule has 10 amide bonds. The molecule has 2 aliphatic rings. The Bertz CT molecular complexity index is 2720. The molecule has 0 saturated carbocycles. The first-order valence-electron chi connectivity index (χ1n) is 26.2. The number of phenolic OH excluding ortho intramolecular Hbond substituents is 1. The van der Waals surface area contributed by atoms with Crippen molar-refractivity contribution >= 4 is 86.3 Å². The lowest BCUT2D eigenvalue weighted by Crippen LogP contribution is -2.61. The minimum atomic E-state index is -1.68. The molecule has 0 bridgehead atoms. The fourth-order valence-electron chi connectivity index (χ4n) is 8.91. The van der Waals surface area contributed by atoms with Gasteiger partial charge in [-0.05, 0) is 78.9 Å². The topological polar surface area (TPSA) is 405 Å². The molecule has 27 heteroatoms. The number of nitrogens with one attached hydrogen (secondary N) is 7. The smallest absolute Gasteiger partial charge is 0.246 e. The minimum Gasteiger partial charge on any atom is -0.508 e. The van der Waals surface area contributed by atoms with Gasteiger partial charge in [0, 0.05) is 54.3 Å². The third-order valence-electron chi connectivity index (χ3n) is 13.2. The minimum absolute atomic E-state index is 0.00414. The van der Waals surface area contributed by atoms with E-state index in [1.165, 1.54) is 17.0 Å². The van der Waals surface area contributed by atoms with Gasteiger partial charge in [0.15, 0.2) is 0 Å². The first kappa shape index (κ1) is 63.0. The van der Waals surface area contributed by atoms with E-state index in [-0.39, 0.29) is 62.3 Å². The lowest BCUT2D eigenvalue weighted by molar-refractivity contribution is -0.142. The molecule has 3 aromatic rings. The van der Waals surface area contributed by atoms with Gasteiger partial charge >= 0.3 is 0 Å². The van der Waals surface area contributed by atoms with Gasteiger partial charge in [-0.15, -0.1) is 0 Å². The summed E-state index contributed by atoms with van der Waals surface area (Å²) in [6, 6.07) is 10.5. The Balaban J connectivity index is 1.42. The summed E-state index contributed by atoms with van der Waals surface area (Å²) in [6.45, 7) is 3.58. The SMILES string of the molecule is CC(C)C1NC(=O)[C@H](Cc2ccccc2)NC(=O)C(Cc2ccc(N=[N+]=[N-])cc2)NC(=O)CCSSC[C@@H](C(=O)N2CCC[C@H]2C(=O)N[C@@H](CCCCN)C(=O)N[C@H](Cc2ccc(O)cc2)C(N)=O)NC(=O)C(CC(N)=O)NC1=O. The van der Waals surface area contributed by atoms with E-state index in [9.17, 15) is 53.1 Å². The molecule has 2 aliphatic heterocycles. The van der Waals surface area contributed by atoms with Crippen LogP contribution < -0.4 is 54.4 Å². The van der Waals surface area contributed by atoms with Crippen LogP contribution in [-0.2, 0) is 67.2 Å². The van der Waals surface area contributed by atoms with E-state index in [2.05, 4.69) is 47.2 Å². The number of unbranched alkanes of at least 4 members (excludes halogenated alkanes) is 1. The van der Waals surface area contributed by atoms with Gasteiger partial charge in [-0.1, -0.05) is 107 Å². The number of phenols is 1. The summed E-state index contributed by atoms with van der Waals surface area (Å²) in [5.74, 6) is -8.64. The molecule has 25 nitrogen and oxygen atoms in total. The highest BCUT2D eigenvalue weighted by atomic mass is 33.1. The molecule has 2 saturated heterocycles. The molecular weight excluding hydrogens is 1070 g/mol. The average Bonchev–Trinajstić information content (AvgIpc) is 3.92. The van der Waals surface area contributed by atoms with Gasteiger partial charge in [-0.3, -0.25) is 47.9 Å². The molecule has 430 valence electrons. The van der Waals surface area contributed by atoms with Gasteiger partial charge in [0.05, 0.1) is 6.42 Å². The fourth-order valence-corrected chi connectivity index (χ4v) is 11.1. The van der Waals surface area contributed by atoms with Crippen LogP contribution in [-0.4, -0.2) is 142 Å². The first-order valence-corrected chi connectivity index (χ1v) is 28.7. The molecule has 14 N–H and O–H groups in total. The number of amides is 10. The van der Waals surface area contributed by atoms with E-state index >= 15 is 0 Å². The van der Waals surface area contributed by atoms with Crippen molar-refractivity contribution in [3.8, 4) is 5.75 Å². The van der Waals surface area contributed by atoms with Crippen molar-refractivity contribution in [3.05, 3.63) is 106 Å². The van der Waals surface area contributed by atoms with Crippen molar-refractivity contribution in [2.75, 3.05) is 24.6 Å². The molecule has 3 unspecified atom stereocenters. The maximum atomic E-state index is 14.8. The van der Waals surface area contributed by atoms with Crippen LogP contribution >= 0.6 is 21.6 Å². The predicted molar refractivity (Wildman–Crippen MR) is 299 cm³/mol. The Morgan fingerprint density at radius 1 is 0.762 bits per heavy atom. The molecule has 0 aliphatic carbocycles. The van der Waals surface area contributed by atoms with Gasteiger partial charge in [0.2, 0.25) is 59.1 Å². The number of primary amides is 2. The summed E-state index contributed by atoms with van der Waals surface area (Å²) in [7, 11) is 2.25. The van der Waals surface area contributed by atoms with E-state index in [0.29, 0.717) is 48.2 Å². The molecule has 3 aromatic carbocycles. The average molecular weight is 1140 g/mol. The van der Waals surface area contributed by atoms with Gasteiger partial charge < -0.3 is 64.4 Å². The van der Waals surface area contributed by atoms with Crippen molar-refractivity contribution in [1.29, 1.82) is 0 Å². The summed E-state index contributed by atoms with van der Waals surface area (Å²) in [5.41, 5.74) is 28.0. The van der Waals surface area contributed by atoms with Crippen LogP contribution in [0, 0.1) is 5.92 Å². The van der Waals surface area contributed by atoms with E-state index in [4.69, 9.17) is 22.7 Å². The quantitative estimate of drug-likeness (QED) is 0.0244. The first-order chi connectivity index (χ1) is 38.3. The summed E-state index contributed by atoms with van der Waals surface area (Å²) >= 11 is 0. The molecule has 80 heavy (non-hydrogen) atoms. The van der Waals surface area contributed by atoms with Crippen molar-refractivity contribution in [2.45, 2.75) is 126 Å². The lowest BCUT2D eigenvalue weighted by atomic mass is 9.99. The van der Waals surface area contributed by atoms with E-state index in [0.717, 1.165) is 21.6 Å². The van der Waals surface area contributed by atoms with Gasteiger partial charge in [0.1, 0.15) is 54.1 Å². The molecule has 0 aromatic heterocycles. The van der Waals surface area contributed by atoms with Crippen LogP contribution in [0.2, 0.25) is 0 Å². The van der Waals surface area contributed by atoms with E-state index < -0.39 is 120 Å². The Morgan fingerprint density at radius 2 is 1.39 bits per heavy atom. The number of hydrogen-bond acceptors (Lipinski definition) is 15. The predicted octanol–water partition coefficient (Wildman–Crippen LogP) is 0.677. The van der Waals surface area contributed by atoms with Gasteiger partial charge in [0.25, 0.3) is 0 Å². The van der Waals surface area contributed by atoms with Crippen LogP contribution in [0.3, 0.4) is 0 Å². The van der Waals surface area contributed by atoms with Crippen LogP contribution in [0.15, 0.2) is 84.0 Å². The fraction of sp³-hybridized carbons (Fsp3) is 0.472. The van der Waals surface area contributed by atoms with Gasteiger partial charge in [-0.25, -0.2) is 0 Å². The second-order valence-electron chi connectivity index (χ2n) is 19.7. The number of azide groups is 1. The summed E-state index contributed by atoms with van der Waals surface area (Å²) < 4.78 is 0. The molecule has 2 heterocycles. The molecule has 5 rings (SSSR count). The number of rotatable bonds is 20. The zero-order valence-corrected chi connectivity index (χ0v) is 46.1. The standard InChI is InChI=1S/C53H70N14O11S2/c1-30(2)45-52(77)62-40(28-43(55)69)49(74)63-41(53(78)67-23-8-12-42(67)51(76)59-36(11-6-7-22-54)47(72)60-37(46(56)71)25-33-15-19-35(68)20-16-33)29-80-79-24-21-44(70)58-38(27-32-13-17-34(18-14-32)65-66-57)48(73)61-39(50(75)64-45)26-31-9-4-3-5-10-31/h3-5,9-10,13-20,30,36-42,45,68H,6-8,11-12,21-29,54H2,1-2H3,(H2,55,69)(H2,56,71)(H,58,70)(H,59,76)(H,60,72)(H,61,73)(H,62,77)(H,63,74)(H,64,75)/t36-,37+,38?,39-,40?,41-,42-,45?/m0/s1. The Labute approximate surface area is 470 Å². The maximum Gasteiger partial charge on any atom is 0.246 e. The van der Waals surface area contributed by atoms with Crippen LogP contribution in [0.5, 0.6) is 5.75 Å². The lowest BCUT2D eigenvalue weighted by Gasteiger charge is -2.31. The van der Waals surface area contributed by atoms with E-state index in [1.54, 1.807) is 80.6 Å². The van der Waals surface area contributed by atoms with Crippen molar-refractivity contribution in [3.63, 3.8) is 0 Å². The summed E-state index contributed by atoms with van der Waals surface area (Å²) in [4.78, 5) is 143. The highest BCUT2D eigenvalue weighted by molar-refractivity contribution is 8.76. The summed E-state index contributed by atoms with van der Waals surface area (Å²) in [5, 5.41) is 32.1. The highest BCUT2D eigenvalue weighted by Gasteiger charge is 2.41. The Kier molecular flexibility index (Phi) is 24.9. The number of aromatic hydroxyl groups is 1. The van der Waals surface area contributed by atoms with Crippen LogP contribution in [0.4, 0.5) is 5.69 Å². The Morgan fingerprint density at radius 3 is 2.02 bits per heavy atom. The maximum absolute atomic E-state index is 14.8. The number of carbonyl (C=O) groups excluding carboxylic acids is 10. The molecule has 0 radical (unpaired) electrons. The Hall–Kier alpha value is -7.87. The van der Waals surface area contributed by atoms with Crippen LogP contribution in [0.25, 0.3) is 10.4 Å². The number of carbonyl (C=O) groups is 10. The molecule has 0 spiro atoms. The highest BCUT2D eigenvalue weighted by Crippen LogP contribution is 2.26. The molecule has 8 atom stereocenters. The normalized spacial score (nSPS) is 21.4. The zero-order valence-electron chi connectivity index (χ0n) is 44.5. The second kappa shape index (κ2) is 31.7. The molecule has 2 fully saturated rings. The largest absolute Gasteiger partial charge is 0.508 e. The number of benzene rings is 3. The third-order valence-corrected chi connectivity index (χ3v) is 15.6. The third kappa shape index (κ3) is 19.8. The second-order valence-corrected chi connectivity index (χ2v) is 22.3. The summed E-state index contributed by atoms with van der Waals surface area (Å²) in [6.07, 6.45) is 0.529. The van der Waals surface area contributed by atoms with Crippen molar-refractivity contribution in [2.24, 2.45) is 28.2 Å².